The number of aromatic nitrogens is 1. The van der Waals surface area contributed by atoms with Gasteiger partial charge in [0.15, 0.2) is 0 Å². The van der Waals surface area contributed by atoms with E-state index in [2.05, 4.69) is 17.2 Å². The number of nitrogens with zero attached hydrogens (tertiary/aromatic N) is 1. The van der Waals surface area contributed by atoms with Crippen molar-refractivity contribution in [1.82, 2.24) is 10.3 Å². The lowest BCUT2D eigenvalue weighted by atomic mass is 10.2. The Labute approximate surface area is 124 Å². The third-order valence-corrected chi connectivity index (χ3v) is 4.57. The Morgan fingerprint density at radius 2 is 2.37 bits per heavy atom. The normalized spacial score (nSPS) is 21.7. The smallest absolute Gasteiger partial charge is 0.255 e. The predicted octanol–water partition coefficient (Wildman–Crippen LogP) is 2.49. The number of amides is 1. The number of nitrogen functional groups attached to an aromatic ring is 1. The fraction of sp³-hybridized carbons (Fsp3) is 0.538. The second-order valence-electron chi connectivity index (χ2n) is 4.47. The third kappa shape index (κ3) is 4.01. The standard InChI is InChI=1S/C13H19N3OS.ClH/c1-2-18-12-5-3-4-11(12)16-13(17)9-8-15-7-6-10(9)14;/h6-8,11-12H,2-5H2,1H3,(H2,14,15)(H,16,17);1H. The van der Waals surface area contributed by atoms with E-state index in [1.807, 2.05) is 11.8 Å². The first-order valence-electron chi connectivity index (χ1n) is 6.34. The molecule has 0 aromatic carbocycles. The van der Waals surface area contributed by atoms with Crippen LogP contribution in [0.15, 0.2) is 18.5 Å². The Hall–Kier alpha value is -0.940. The van der Waals surface area contributed by atoms with Gasteiger partial charge in [0.1, 0.15) is 0 Å². The molecule has 3 N–H and O–H groups in total. The number of carbonyl (C=O) groups excluding carboxylic acids is 1. The monoisotopic (exact) mass is 301 g/mol. The fourth-order valence-corrected chi connectivity index (χ4v) is 3.54. The van der Waals surface area contributed by atoms with Crippen molar-refractivity contribution in [2.75, 3.05) is 11.5 Å². The van der Waals surface area contributed by atoms with Crippen LogP contribution in [0.1, 0.15) is 36.5 Å². The van der Waals surface area contributed by atoms with E-state index in [0.29, 0.717) is 16.5 Å². The zero-order valence-corrected chi connectivity index (χ0v) is 12.6. The number of anilines is 1. The first-order valence-corrected chi connectivity index (χ1v) is 7.39. The minimum absolute atomic E-state index is 0. The van der Waals surface area contributed by atoms with Crippen LogP contribution in [0.25, 0.3) is 0 Å². The van der Waals surface area contributed by atoms with Crippen LogP contribution in [0.3, 0.4) is 0 Å². The molecule has 6 heteroatoms. The highest BCUT2D eigenvalue weighted by Crippen LogP contribution is 2.30. The lowest BCUT2D eigenvalue weighted by molar-refractivity contribution is 0.0939. The summed E-state index contributed by atoms with van der Waals surface area (Å²) in [5.41, 5.74) is 6.75. The first kappa shape index (κ1) is 16.1. The van der Waals surface area contributed by atoms with Gasteiger partial charge < -0.3 is 11.1 Å². The number of rotatable bonds is 4. The Bertz CT molecular complexity index is 430. The van der Waals surface area contributed by atoms with Crippen molar-refractivity contribution in [3.05, 3.63) is 24.0 Å². The summed E-state index contributed by atoms with van der Waals surface area (Å²) in [5.74, 6) is 0.987. The van der Waals surface area contributed by atoms with Crippen LogP contribution in [0.5, 0.6) is 0 Å². The predicted molar refractivity (Wildman–Crippen MR) is 82.9 cm³/mol. The summed E-state index contributed by atoms with van der Waals surface area (Å²) in [5, 5.41) is 3.63. The number of nitrogens with two attached hydrogens (primary N) is 1. The molecule has 1 aliphatic carbocycles. The highest BCUT2D eigenvalue weighted by molar-refractivity contribution is 7.99. The van der Waals surface area contributed by atoms with Crippen LogP contribution in [-0.4, -0.2) is 27.9 Å². The average molecular weight is 302 g/mol. The molecule has 2 atom stereocenters. The zero-order chi connectivity index (χ0) is 13.0. The molecular formula is C13H20ClN3OS. The largest absolute Gasteiger partial charge is 0.398 e. The molecule has 2 unspecified atom stereocenters. The molecule has 1 aliphatic rings. The van der Waals surface area contributed by atoms with Gasteiger partial charge in [-0.05, 0) is 24.7 Å². The van der Waals surface area contributed by atoms with E-state index in [1.54, 1.807) is 12.3 Å². The molecule has 0 spiro atoms. The number of nitrogens with one attached hydrogen (secondary N) is 1. The molecule has 4 nitrogen and oxygen atoms in total. The van der Waals surface area contributed by atoms with Gasteiger partial charge in [-0.25, -0.2) is 0 Å². The molecule has 0 radical (unpaired) electrons. The Morgan fingerprint density at radius 1 is 1.58 bits per heavy atom. The maximum atomic E-state index is 12.1. The summed E-state index contributed by atoms with van der Waals surface area (Å²) in [6, 6.07) is 1.92. The summed E-state index contributed by atoms with van der Waals surface area (Å²) in [6.45, 7) is 2.15. The molecule has 0 aliphatic heterocycles. The van der Waals surface area contributed by atoms with E-state index < -0.39 is 0 Å². The van der Waals surface area contributed by atoms with Crippen molar-refractivity contribution in [2.45, 2.75) is 37.5 Å². The van der Waals surface area contributed by atoms with Gasteiger partial charge >= 0.3 is 0 Å². The Balaban J connectivity index is 0.00000180. The highest BCUT2D eigenvalue weighted by atomic mass is 35.5. The third-order valence-electron chi connectivity index (χ3n) is 3.25. The minimum Gasteiger partial charge on any atom is -0.398 e. The average Bonchev–Trinajstić information content (AvgIpc) is 2.78. The number of halogens is 1. The van der Waals surface area contributed by atoms with Crippen LogP contribution < -0.4 is 11.1 Å². The molecular weight excluding hydrogens is 282 g/mol. The van der Waals surface area contributed by atoms with E-state index in [0.717, 1.165) is 12.2 Å². The molecule has 0 saturated heterocycles. The van der Waals surface area contributed by atoms with Gasteiger partial charge in [-0.15, -0.1) is 12.4 Å². The lowest BCUT2D eigenvalue weighted by Crippen LogP contribution is -2.39. The molecule has 1 amide bonds. The molecule has 2 rings (SSSR count). The number of hydrogen-bond donors (Lipinski definition) is 2. The number of thioether (sulfide) groups is 1. The van der Waals surface area contributed by atoms with Crippen LogP contribution >= 0.6 is 24.2 Å². The molecule has 106 valence electrons. The topological polar surface area (TPSA) is 68.0 Å². The minimum atomic E-state index is -0.103. The Morgan fingerprint density at radius 3 is 3.05 bits per heavy atom. The molecule has 1 aromatic rings. The SMILES string of the molecule is CCSC1CCCC1NC(=O)c1cnccc1N.Cl. The summed E-state index contributed by atoms with van der Waals surface area (Å²) in [4.78, 5) is 16.1. The van der Waals surface area contributed by atoms with E-state index in [-0.39, 0.29) is 24.4 Å². The molecule has 0 bridgehead atoms. The lowest BCUT2D eigenvalue weighted by Gasteiger charge is -2.20. The second kappa shape index (κ2) is 7.60. The van der Waals surface area contributed by atoms with E-state index in [1.165, 1.54) is 19.0 Å². The van der Waals surface area contributed by atoms with Gasteiger partial charge in [-0.2, -0.15) is 11.8 Å². The van der Waals surface area contributed by atoms with Crippen molar-refractivity contribution in [3.8, 4) is 0 Å². The van der Waals surface area contributed by atoms with Crippen molar-refractivity contribution in [1.29, 1.82) is 0 Å². The van der Waals surface area contributed by atoms with E-state index in [9.17, 15) is 4.79 Å². The summed E-state index contributed by atoms with van der Waals surface area (Å²) >= 11 is 1.93. The molecule has 1 aromatic heterocycles. The second-order valence-corrected chi connectivity index (χ2v) is 5.98. The molecule has 1 saturated carbocycles. The number of carbonyl (C=O) groups is 1. The van der Waals surface area contributed by atoms with Crippen LogP contribution in [0.4, 0.5) is 5.69 Å². The van der Waals surface area contributed by atoms with Gasteiger partial charge in [-0.1, -0.05) is 13.3 Å². The summed E-state index contributed by atoms with van der Waals surface area (Å²) in [6.07, 6.45) is 6.56. The van der Waals surface area contributed by atoms with Gasteiger partial charge in [0.2, 0.25) is 0 Å². The fourth-order valence-electron chi connectivity index (χ4n) is 2.35. The van der Waals surface area contributed by atoms with Gasteiger partial charge in [0.05, 0.1) is 5.56 Å². The molecule has 1 heterocycles. The maximum absolute atomic E-state index is 12.1. The zero-order valence-electron chi connectivity index (χ0n) is 11.0. The van der Waals surface area contributed by atoms with E-state index in [4.69, 9.17) is 5.73 Å². The number of pyridine rings is 1. The van der Waals surface area contributed by atoms with Crippen molar-refractivity contribution in [2.24, 2.45) is 0 Å². The van der Waals surface area contributed by atoms with Gasteiger partial charge in [0, 0.05) is 29.4 Å². The quantitative estimate of drug-likeness (QED) is 0.896. The molecule has 19 heavy (non-hydrogen) atoms. The van der Waals surface area contributed by atoms with Gasteiger partial charge in [-0.3, -0.25) is 9.78 Å². The first-order chi connectivity index (χ1) is 8.72. The maximum Gasteiger partial charge on any atom is 0.255 e. The van der Waals surface area contributed by atoms with Crippen molar-refractivity contribution < 1.29 is 4.79 Å². The molecule has 1 fully saturated rings. The van der Waals surface area contributed by atoms with Gasteiger partial charge in [0.25, 0.3) is 5.91 Å². The van der Waals surface area contributed by atoms with Crippen LogP contribution in [0.2, 0.25) is 0 Å². The van der Waals surface area contributed by atoms with Crippen LogP contribution in [0, 0.1) is 0 Å². The Kier molecular flexibility index (Phi) is 6.45. The summed E-state index contributed by atoms with van der Waals surface area (Å²) in [7, 11) is 0. The van der Waals surface area contributed by atoms with Crippen molar-refractivity contribution in [3.63, 3.8) is 0 Å². The van der Waals surface area contributed by atoms with E-state index >= 15 is 0 Å². The van der Waals surface area contributed by atoms with Crippen LogP contribution in [-0.2, 0) is 0 Å². The van der Waals surface area contributed by atoms with Crippen molar-refractivity contribution >= 4 is 35.8 Å². The number of hydrogen-bond acceptors (Lipinski definition) is 4. The highest BCUT2D eigenvalue weighted by Gasteiger charge is 2.28. The summed E-state index contributed by atoms with van der Waals surface area (Å²) < 4.78 is 0.